The number of thiophene rings is 1. The van der Waals surface area contributed by atoms with Gasteiger partial charge in [0.15, 0.2) is 0 Å². The normalized spacial score (nSPS) is 23.6. The Morgan fingerprint density at radius 2 is 1.94 bits per heavy atom. The molecule has 1 aromatic rings. The fourth-order valence-corrected chi connectivity index (χ4v) is 2.90. The van der Waals surface area contributed by atoms with E-state index >= 15 is 0 Å². The second kappa shape index (κ2) is 5.49. The van der Waals surface area contributed by atoms with Crippen molar-refractivity contribution in [1.82, 2.24) is 5.32 Å². The van der Waals surface area contributed by atoms with Gasteiger partial charge in [-0.15, -0.1) is 11.3 Å². The smallest absolute Gasteiger partial charge is 0.261 e. The summed E-state index contributed by atoms with van der Waals surface area (Å²) in [5, 5.41) is 4.58. The lowest BCUT2D eigenvalue weighted by atomic mass is 9.92. The molecule has 1 aromatic heterocycles. The maximum absolute atomic E-state index is 11.9. The Kier molecular flexibility index (Phi) is 3.98. The first-order valence-electron chi connectivity index (χ1n) is 6.01. The molecule has 1 aliphatic rings. The summed E-state index contributed by atoms with van der Waals surface area (Å²) in [5.74, 6) is -0.637. The fourth-order valence-electron chi connectivity index (χ4n) is 2.10. The van der Waals surface area contributed by atoms with Gasteiger partial charge in [-0.25, -0.2) is 0 Å². The molecule has 18 heavy (non-hydrogen) atoms. The molecule has 5 N–H and O–H groups in total. The van der Waals surface area contributed by atoms with Gasteiger partial charge in [0.05, 0.1) is 10.4 Å². The van der Waals surface area contributed by atoms with Crippen LogP contribution in [-0.2, 0) is 0 Å². The van der Waals surface area contributed by atoms with E-state index in [0.29, 0.717) is 10.4 Å². The number of nitrogens with two attached hydrogens (primary N) is 2. The van der Waals surface area contributed by atoms with Crippen molar-refractivity contribution < 1.29 is 9.59 Å². The van der Waals surface area contributed by atoms with Gasteiger partial charge in [0.25, 0.3) is 5.91 Å². The monoisotopic (exact) mass is 267 g/mol. The van der Waals surface area contributed by atoms with Gasteiger partial charge in [-0.3, -0.25) is 9.59 Å². The van der Waals surface area contributed by atoms with Crippen LogP contribution in [-0.4, -0.2) is 23.9 Å². The van der Waals surface area contributed by atoms with E-state index in [4.69, 9.17) is 11.5 Å². The molecule has 2 rings (SSSR count). The van der Waals surface area contributed by atoms with Crippen LogP contribution in [0.1, 0.15) is 45.7 Å². The largest absolute Gasteiger partial charge is 0.366 e. The van der Waals surface area contributed by atoms with Gasteiger partial charge in [-0.05, 0) is 31.7 Å². The van der Waals surface area contributed by atoms with Crippen LogP contribution in [0.25, 0.3) is 0 Å². The summed E-state index contributed by atoms with van der Waals surface area (Å²) in [4.78, 5) is 23.4. The summed E-state index contributed by atoms with van der Waals surface area (Å²) in [5.41, 5.74) is 11.3. The zero-order chi connectivity index (χ0) is 13.1. The van der Waals surface area contributed by atoms with E-state index in [1.165, 1.54) is 17.4 Å². The van der Waals surface area contributed by atoms with Gasteiger partial charge in [-0.1, -0.05) is 0 Å². The Bertz CT molecular complexity index is 450. The van der Waals surface area contributed by atoms with Gasteiger partial charge < -0.3 is 16.8 Å². The Balaban J connectivity index is 1.93. The van der Waals surface area contributed by atoms with Gasteiger partial charge in [-0.2, -0.15) is 0 Å². The molecular formula is C12H17N3O2S. The first kappa shape index (κ1) is 13.0. The minimum absolute atomic E-state index is 0.132. The third kappa shape index (κ3) is 3.08. The Labute approximate surface area is 110 Å². The number of nitrogens with one attached hydrogen (secondary N) is 1. The van der Waals surface area contributed by atoms with Crippen molar-refractivity contribution in [2.75, 3.05) is 0 Å². The fraction of sp³-hybridized carbons (Fsp3) is 0.500. The van der Waals surface area contributed by atoms with Gasteiger partial charge in [0.2, 0.25) is 5.91 Å². The molecular weight excluding hydrogens is 250 g/mol. The number of carbonyl (C=O) groups is 2. The minimum atomic E-state index is -0.506. The van der Waals surface area contributed by atoms with Crippen LogP contribution in [0, 0.1) is 0 Å². The summed E-state index contributed by atoms with van der Waals surface area (Å²) in [6.45, 7) is 0. The molecule has 0 atom stereocenters. The lowest BCUT2D eigenvalue weighted by Crippen LogP contribution is -2.40. The third-order valence-electron chi connectivity index (χ3n) is 3.21. The molecule has 1 heterocycles. The second-order valence-corrected chi connectivity index (χ2v) is 5.56. The van der Waals surface area contributed by atoms with Crippen molar-refractivity contribution in [2.24, 2.45) is 11.5 Å². The van der Waals surface area contributed by atoms with Crippen molar-refractivity contribution in [3.8, 4) is 0 Å². The number of hydrogen-bond donors (Lipinski definition) is 3. The molecule has 1 aliphatic carbocycles. The highest BCUT2D eigenvalue weighted by Crippen LogP contribution is 2.19. The van der Waals surface area contributed by atoms with Crippen LogP contribution in [0.15, 0.2) is 11.4 Å². The molecule has 0 radical (unpaired) electrons. The summed E-state index contributed by atoms with van der Waals surface area (Å²) in [6.07, 6.45) is 3.73. The molecule has 0 saturated heterocycles. The van der Waals surface area contributed by atoms with Crippen LogP contribution in [0.2, 0.25) is 0 Å². The van der Waals surface area contributed by atoms with Crippen molar-refractivity contribution in [2.45, 2.75) is 37.8 Å². The lowest BCUT2D eigenvalue weighted by Gasteiger charge is -2.26. The maximum atomic E-state index is 11.9. The number of rotatable bonds is 3. The molecule has 5 nitrogen and oxygen atoms in total. The van der Waals surface area contributed by atoms with Crippen LogP contribution < -0.4 is 16.8 Å². The second-order valence-electron chi connectivity index (χ2n) is 4.65. The third-order valence-corrected chi connectivity index (χ3v) is 4.14. The molecule has 6 heteroatoms. The highest BCUT2D eigenvalue weighted by molar-refractivity contribution is 7.12. The number of amides is 2. The molecule has 0 bridgehead atoms. The van der Waals surface area contributed by atoms with E-state index in [1.54, 1.807) is 5.38 Å². The van der Waals surface area contributed by atoms with E-state index in [1.807, 2.05) is 0 Å². The zero-order valence-corrected chi connectivity index (χ0v) is 10.8. The predicted octanol–water partition coefficient (Wildman–Crippen LogP) is 0.847. The quantitative estimate of drug-likeness (QED) is 0.757. The number of carbonyl (C=O) groups excluding carboxylic acids is 2. The summed E-state index contributed by atoms with van der Waals surface area (Å²) >= 11 is 1.24. The molecule has 2 amide bonds. The molecule has 98 valence electrons. The van der Waals surface area contributed by atoms with Crippen LogP contribution in [0.3, 0.4) is 0 Å². The molecule has 0 aliphatic heterocycles. The first-order chi connectivity index (χ1) is 8.56. The van der Waals surface area contributed by atoms with E-state index < -0.39 is 5.91 Å². The first-order valence-corrected chi connectivity index (χ1v) is 6.89. The highest BCUT2D eigenvalue weighted by Gasteiger charge is 2.21. The summed E-state index contributed by atoms with van der Waals surface area (Å²) in [7, 11) is 0. The lowest BCUT2D eigenvalue weighted by molar-refractivity contribution is 0.0930. The molecule has 1 fully saturated rings. The SMILES string of the molecule is NC(=O)c1csc(C(=O)NC2CCC(N)CC2)c1. The number of primary amides is 1. The predicted molar refractivity (Wildman–Crippen MR) is 70.5 cm³/mol. The van der Waals surface area contributed by atoms with E-state index in [0.717, 1.165) is 25.7 Å². The molecule has 0 spiro atoms. The van der Waals surface area contributed by atoms with E-state index in [-0.39, 0.29) is 18.0 Å². The zero-order valence-electron chi connectivity index (χ0n) is 10.0. The van der Waals surface area contributed by atoms with Gasteiger partial charge in [0.1, 0.15) is 0 Å². The average molecular weight is 267 g/mol. The Morgan fingerprint density at radius 1 is 1.28 bits per heavy atom. The summed E-state index contributed by atoms with van der Waals surface area (Å²) in [6, 6.07) is 1.99. The Hall–Kier alpha value is -1.40. The average Bonchev–Trinajstić information content (AvgIpc) is 2.81. The van der Waals surface area contributed by atoms with Crippen LogP contribution in [0.4, 0.5) is 0 Å². The van der Waals surface area contributed by atoms with Gasteiger partial charge >= 0.3 is 0 Å². The standard InChI is InChI=1S/C12H17N3O2S/c13-8-1-3-9(4-2-8)15-12(17)10-5-7(6-18-10)11(14)16/h5-6,8-9H,1-4,13H2,(H2,14,16)(H,15,17). The van der Waals surface area contributed by atoms with Crippen molar-refractivity contribution in [3.63, 3.8) is 0 Å². The topological polar surface area (TPSA) is 98.2 Å². The van der Waals surface area contributed by atoms with Crippen molar-refractivity contribution in [1.29, 1.82) is 0 Å². The van der Waals surface area contributed by atoms with Crippen molar-refractivity contribution >= 4 is 23.2 Å². The molecule has 0 unspecified atom stereocenters. The van der Waals surface area contributed by atoms with Crippen LogP contribution >= 0.6 is 11.3 Å². The van der Waals surface area contributed by atoms with E-state index in [2.05, 4.69) is 5.32 Å². The molecule has 0 aromatic carbocycles. The molecule has 1 saturated carbocycles. The summed E-state index contributed by atoms with van der Waals surface area (Å²) < 4.78 is 0. The maximum Gasteiger partial charge on any atom is 0.261 e. The Morgan fingerprint density at radius 3 is 2.50 bits per heavy atom. The van der Waals surface area contributed by atoms with E-state index in [9.17, 15) is 9.59 Å². The van der Waals surface area contributed by atoms with Gasteiger partial charge in [0, 0.05) is 17.5 Å². The van der Waals surface area contributed by atoms with Crippen molar-refractivity contribution in [3.05, 3.63) is 21.9 Å². The number of hydrogen-bond acceptors (Lipinski definition) is 4. The minimum Gasteiger partial charge on any atom is -0.366 e. The highest BCUT2D eigenvalue weighted by atomic mass is 32.1. The van der Waals surface area contributed by atoms with Crippen LogP contribution in [0.5, 0.6) is 0 Å².